The molecule has 2 unspecified atom stereocenters. The molecule has 3 heterocycles. The van der Waals surface area contributed by atoms with Gasteiger partial charge in [-0.2, -0.15) is 0 Å². The Morgan fingerprint density at radius 3 is 2.53 bits per heavy atom. The number of amides is 1. The van der Waals surface area contributed by atoms with Crippen LogP contribution in [0.3, 0.4) is 0 Å². The molecule has 34 heavy (non-hydrogen) atoms. The molecule has 3 aromatic rings. The van der Waals surface area contributed by atoms with E-state index in [1.165, 1.54) is 16.2 Å². The lowest BCUT2D eigenvalue weighted by Gasteiger charge is -2.34. The van der Waals surface area contributed by atoms with Gasteiger partial charge in [-0.15, -0.1) is 11.3 Å². The van der Waals surface area contributed by atoms with Gasteiger partial charge in [0.05, 0.1) is 18.8 Å². The highest BCUT2D eigenvalue weighted by atomic mass is 32.1. The average molecular weight is 476 g/mol. The van der Waals surface area contributed by atoms with E-state index in [2.05, 4.69) is 9.97 Å². The molecule has 7 nitrogen and oxygen atoms in total. The maximum absolute atomic E-state index is 13.6. The first kappa shape index (κ1) is 22.4. The minimum absolute atomic E-state index is 0.0714. The molecular weight excluding hydrogens is 450 g/mol. The number of ether oxygens (including phenoxy) is 1. The molecule has 1 aliphatic carbocycles. The summed E-state index contributed by atoms with van der Waals surface area (Å²) in [4.78, 5) is 50.5. The smallest absolute Gasteiger partial charge is 0.297 e. The Balaban J connectivity index is 1.53. The lowest BCUT2D eigenvalue weighted by molar-refractivity contribution is -0.135. The van der Waals surface area contributed by atoms with Crippen LogP contribution in [-0.4, -0.2) is 40.6 Å². The second kappa shape index (κ2) is 9.46. The van der Waals surface area contributed by atoms with E-state index in [9.17, 15) is 14.4 Å². The lowest BCUT2D eigenvalue weighted by Crippen LogP contribution is -2.43. The number of ketones is 2. The number of anilines is 1. The first-order valence-electron chi connectivity index (χ1n) is 11.5. The van der Waals surface area contributed by atoms with E-state index in [4.69, 9.17) is 4.74 Å². The van der Waals surface area contributed by atoms with E-state index >= 15 is 0 Å². The molecule has 0 bridgehead atoms. The molecule has 2 aromatic heterocycles. The van der Waals surface area contributed by atoms with Crippen molar-refractivity contribution >= 4 is 33.9 Å². The molecule has 2 aliphatic rings. The number of pyridine rings is 1. The standard InChI is InChI=1S/C26H25N3O4S/c1-33-19-11-9-17(10-12-19)23(30)21-22(16-6-3-2-4-7-16)29(25(32)24(21)31)26-28-20(15-34-26)18-8-5-13-27-14-18/h5,8-16,21-22H,2-4,6-7H2,1H3. The van der Waals surface area contributed by atoms with Crippen molar-refractivity contribution in [3.8, 4) is 17.0 Å². The van der Waals surface area contributed by atoms with Crippen molar-refractivity contribution in [2.75, 3.05) is 12.0 Å². The third-order valence-corrected chi connectivity index (χ3v) is 7.64. The van der Waals surface area contributed by atoms with Crippen molar-refractivity contribution in [1.29, 1.82) is 0 Å². The maximum atomic E-state index is 13.6. The minimum Gasteiger partial charge on any atom is -0.497 e. The third kappa shape index (κ3) is 4.03. The number of aromatic nitrogens is 2. The molecule has 8 heteroatoms. The van der Waals surface area contributed by atoms with Gasteiger partial charge in [0, 0.05) is 28.9 Å². The highest BCUT2D eigenvalue weighted by molar-refractivity contribution is 7.14. The largest absolute Gasteiger partial charge is 0.497 e. The Morgan fingerprint density at radius 1 is 1.09 bits per heavy atom. The summed E-state index contributed by atoms with van der Waals surface area (Å²) in [6.45, 7) is 0. The zero-order valence-corrected chi connectivity index (χ0v) is 19.7. The maximum Gasteiger partial charge on any atom is 0.297 e. The van der Waals surface area contributed by atoms with Crippen molar-refractivity contribution in [2.45, 2.75) is 38.1 Å². The minimum atomic E-state index is -1.03. The van der Waals surface area contributed by atoms with Crippen LogP contribution in [0.2, 0.25) is 0 Å². The number of hydrogen-bond donors (Lipinski definition) is 0. The summed E-state index contributed by atoms with van der Waals surface area (Å²) in [5.41, 5.74) is 1.94. The Kier molecular flexibility index (Phi) is 6.24. The zero-order chi connectivity index (χ0) is 23.7. The molecule has 0 spiro atoms. The van der Waals surface area contributed by atoms with E-state index in [0.29, 0.717) is 22.1 Å². The van der Waals surface area contributed by atoms with Crippen LogP contribution in [0.1, 0.15) is 42.5 Å². The predicted octanol–water partition coefficient (Wildman–Crippen LogP) is 4.58. The van der Waals surface area contributed by atoms with Crippen molar-refractivity contribution < 1.29 is 19.1 Å². The summed E-state index contributed by atoms with van der Waals surface area (Å²) in [5, 5.41) is 2.32. The highest BCUT2D eigenvalue weighted by Crippen LogP contribution is 2.42. The van der Waals surface area contributed by atoms with Crippen LogP contribution in [0.25, 0.3) is 11.3 Å². The number of hydrogen-bond acceptors (Lipinski definition) is 7. The van der Waals surface area contributed by atoms with Gasteiger partial charge in [-0.25, -0.2) is 4.98 Å². The van der Waals surface area contributed by atoms with Gasteiger partial charge in [0.15, 0.2) is 10.9 Å². The number of rotatable bonds is 6. The third-order valence-electron chi connectivity index (χ3n) is 6.80. The van der Waals surface area contributed by atoms with Gasteiger partial charge in [0.2, 0.25) is 5.78 Å². The summed E-state index contributed by atoms with van der Waals surface area (Å²) in [6.07, 6.45) is 8.35. The van der Waals surface area contributed by atoms with Crippen molar-refractivity contribution in [3.05, 3.63) is 59.7 Å². The fourth-order valence-corrected chi connectivity index (χ4v) is 5.97. The molecule has 5 rings (SSSR count). The monoisotopic (exact) mass is 475 g/mol. The highest BCUT2D eigenvalue weighted by Gasteiger charge is 2.55. The Hall–Kier alpha value is -3.39. The first-order valence-corrected chi connectivity index (χ1v) is 12.4. The van der Waals surface area contributed by atoms with Crippen LogP contribution in [0.15, 0.2) is 54.2 Å². The number of benzene rings is 1. The van der Waals surface area contributed by atoms with Crippen molar-refractivity contribution in [1.82, 2.24) is 9.97 Å². The molecule has 1 aliphatic heterocycles. The topological polar surface area (TPSA) is 89.5 Å². The molecule has 1 aromatic carbocycles. The van der Waals surface area contributed by atoms with E-state index in [-0.39, 0.29) is 11.7 Å². The van der Waals surface area contributed by atoms with Crippen LogP contribution >= 0.6 is 11.3 Å². The number of carbonyl (C=O) groups is 3. The van der Waals surface area contributed by atoms with Crippen LogP contribution in [0.5, 0.6) is 5.75 Å². The normalized spacial score (nSPS) is 21.1. The number of carbonyl (C=O) groups excluding carboxylic acids is 3. The van der Waals surface area contributed by atoms with Crippen LogP contribution in [0, 0.1) is 11.8 Å². The van der Waals surface area contributed by atoms with Gasteiger partial charge in [-0.1, -0.05) is 19.3 Å². The van der Waals surface area contributed by atoms with E-state index in [1.54, 1.807) is 43.8 Å². The molecule has 1 amide bonds. The first-order chi connectivity index (χ1) is 16.6. The van der Waals surface area contributed by atoms with E-state index < -0.39 is 23.7 Å². The SMILES string of the molecule is COc1ccc(C(=O)C2C(=O)C(=O)N(c3nc(-c4cccnc4)cs3)C2C2CCCCC2)cc1. The summed E-state index contributed by atoms with van der Waals surface area (Å²) in [5.74, 6) is -1.94. The lowest BCUT2D eigenvalue weighted by atomic mass is 9.76. The molecule has 1 saturated heterocycles. The molecule has 174 valence electrons. The van der Waals surface area contributed by atoms with Crippen molar-refractivity contribution in [3.63, 3.8) is 0 Å². The second-order valence-corrected chi connectivity index (χ2v) is 9.59. The van der Waals surface area contributed by atoms with E-state index in [0.717, 1.165) is 37.7 Å². The molecular formula is C26H25N3O4S. The fraction of sp³-hybridized carbons (Fsp3) is 0.346. The van der Waals surface area contributed by atoms with Gasteiger partial charge in [-0.05, 0) is 55.2 Å². The number of nitrogens with zero attached hydrogens (tertiary/aromatic N) is 3. The average Bonchev–Trinajstić information content (AvgIpc) is 3.48. The van der Waals surface area contributed by atoms with Gasteiger partial charge < -0.3 is 4.74 Å². The van der Waals surface area contributed by atoms with E-state index in [1.807, 2.05) is 17.5 Å². The summed E-state index contributed by atoms with van der Waals surface area (Å²) in [6, 6.07) is 9.91. The molecule has 1 saturated carbocycles. The number of Topliss-reactive ketones (excluding diaryl/α,β-unsaturated/α-hetero) is 2. The van der Waals surface area contributed by atoms with Crippen LogP contribution in [-0.2, 0) is 9.59 Å². The Bertz CT molecular complexity index is 1200. The molecule has 2 fully saturated rings. The predicted molar refractivity (Wildman–Crippen MR) is 129 cm³/mol. The van der Waals surface area contributed by atoms with Gasteiger partial charge in [-0.3, -0.25) is 24.3 Å². The molecule has 0 radical (unpaired) electrons. The summed E-state index contributed by atoms with van der Waals surface area (Å²) >= 11 is 1.32. The number of thiazole rings is 1. The van der Waals surface area contributed by atoms with Gasteiger partial charge >= 0.3 is 0 Å². The summed E-state index contributed by atoms with van der Waals surface area (Å²) in [7, 11) is 1.56. The summed E-state index contributed by atoms with van der Waals surface area (Å²) < 4.78 is 5.19. The van der Waals surface area contributed by atoms with Crippen molar-refractivity contribution in [2.24, 2.45) is 11.8 Å². The van der Waals surface area contributed by atoms with Crippen LogP contribution in [0.4, 0.5) is 5.13 Å². The Labute approximate surface area is 201 Å². The molecule has 0 N–H and O–H groups in total. The second-order valence-electron chi connectivity index (χ2n) is 8.76. The fourth-order valence-electron chi connectivity index (χ4n) is 5.10. The van der Waals surface area contributed by atoms with Crippen LogP contribution < -0.4 is 9.64 Å². The quantitative estimate of drug-likeness (QED) is 0.295. The number of methoxy groups -OCH3 is 1. The Morgan fingerprint density at radius 2 is 1.85 bits per heavy atom. The van der Waals surface area contributed by atoms with Gasteiger partial charge in [0.25, 0.3) is 5.91 Å². The van der Waals surface area contributed by atoms with Gasteiger partial charge in [0.1, 0.15) is 11.7 Å². The zero-order valence-electron chi connectivity index (χ0n) is 18.8. The molecule has 2 atom stereocenters.